The number of hydrogen-bond acceptors (Lipinski definition) is 2. The predicted octanol–water partition coefficient (Wildman–Crippen LogP) is 1.23. The fourth-order valence-corrected chi connectivity index (χ4v) is 6.05. The molecule has 0 saturated carbocycles. The van der Waals surface area contributed by atoms with E-state index in [0.29, 0.717) is 0 Å². The van der Waals surface area contributed by atoms with Crippen LogP contribution in [0.25, 0.3) is 0 Å². The van der Waals surface area contributed by atoms with Crippen molar-refractivity contribution in [2.24, 2.45) is 0 Å². The molecular weight excluding hydrogens is 300 g/mol. The van der Waals surface area contributed by atoms with Crippen molar-refractivity contribution in [2.45, 2.75) is 32.1 Å². The second-order valence-corrected chi connectivity index (χ2v) is 8.53. The van der Waals surface area contributed by atoms with Crippen molar-refractivity contribution in [1.29, 1.82) is 0 Å². The van der Waals surface area contributed by atoms with E-state index in [1.807, 2.05) is 44.2 Å². The van der Waals surface area contributed by atoms with Crippen LogP contribution in [-0.4, -0.2) is 22.5 Å². The van der Waals surface area contributed by atoms with Crippen LogP contribution in [0.2, 0.25) is 0 Å². The third-order valence-electron chi connectivity index (χ3n) is 3.88. The quantitative estimate of drug-likeness (QED) is 0.681. The molecule has 0 unspecified atom stereocenters. The normalized spacial score (nSPS) is 12.2. The average Bonchev–Trinajstić information content (AvgIpc) is 2.42. The van der Waals surface area contributed by atoms with Crippen molar-refractivity contribution in [2.75, 3.05) is 0 Å². The van der Waals surface area contributed by atoms with Gasteiger partial charge in [0.05, 0.1) is 14.4 Å². The Morgan fingerprint density at radius 1 is 1.14 bits per heavy atom. The molecule has 112 valence electrons. The Bertz CT molecular complexity index is 753. The van der Waals surface area contributed by atoms with Gasteiger partial charge in [0.1, 0.15) is 0 Å². The topological polar surface area (TPSA) is 54.4 Å². The zero-order valence-electron chi connectivity index (χ0n) is 12.6. The fourth-order valence-electron chi connectivity index (χ4n) is 2.83. The van der Waals surface area contributed by atoms with Crippen LogP contribution < -0.4 is 10.4 Å². The van der Waals surface area contributed by atoms with Gasteiger partial charge in [-0.15, -0.1) is 0 Å². The molecule has 2 rings (SSSR count). The third kappa shape index (κ3) is 3.43. The van der Waals surface area contributed by atoms with Crippen LogP contribution in [0.1, 0.15) is 23.6 Å². The molecule has 21 heavy (non-hydrogen) atoms. The summed E-state index contributed by atoms with van der Waals surface area (Å²) in [5, 5.41) is 1.99. The zero-order chi connectivity index (χ0) is 15.6. The fraction of sp³-hybridized carbons (Fsp3) is 0.250. The lowest BCUT2D eigenvalue weighted by Crippen LogP contribution is -2.34. The second-order valence-electron chi connectivity index (χ2n) is 5.26. The first-order valence-electron chi connectivity index (χ1n) is 6.98. The third-order valence-corrected chi connectivity index (χ3v) is 7.20. The van der Waals surface area contributed by atoms with Gasteiger partial charge in [0.25, 0.3) is 10.1 Å². The van der Waals surface area contributed by atoms with E-state index >= 15 is 0 Å². The van der Waals surface area contributed by atoms with E-state index in [1.165, 1.54) is 5.56 Å². The maximum atomic E-state index is 11.7. The molecule has 0 bridgehead atoms. The molecule has 0 fully saturated rings. The first-order valence-corrected chi connectivity index (χ1v) is 9.83. The number of aryl methyl sites for hydroxylation is 1. The molecule has 0 amide bonds. The van der Waals surface area contributed by atoms with Gasteiger partial charge in [-0.3, -0.25) is 4.55 Å². The Labute approximate surface area is 128 Å². The van der Waals surface area contributed by atoms with Gasteiger partial charge in [0.2, 0.25) is 0 Å². The van der Waals surface area contributed by atoms with Crippen LogP contribution in [0.15, 0.2) is 41.3 Å². The summed E-state index contributed by atoms with van der Waals surface area (Å²) in [5.74, 6) is 0. The molecule has 0 spiro atoms. The number of benzene rings is 2. The van der Waals surface area contributed by atoms with Crippen molar-refractivity contribution < 1.29 is 13.0 Å². The lowest BCUT2D eigenvalue weighted by Gasteiger charge is -2.17. The van der Waals surface area contributed by atoms with Gasteiger partial charge in [-0.25, -0.2) is 0 Å². The van der Waals surface area contributed by atoms with Gasteiger partial charge in [0.15, 0.2) is 0 Å². The summed E-state index contributed by atoms with van der Waals surface area (Å²) in [5.41, 5.74) is 3.12. The van der Waals surface area contributed by atoms with Crippen LogP contribution in [0.3, 0.4) is 0 Å². The summed E-state index contributed by atoms with van der Waals surface area (Å²) in [6.45, 7) is 5.93. The molecule has 0 aliphatic heterocycles. The van der Waals surface area contributed by atoms with E-state index in [-0.39, 0.29) is 4.90 Å². The van der Waals surface area contributed by atoms with Crippen molar-refractivity contribution in [1.82, 2.24) is 0 Å². The molecule has 5 heteroatoms. The molecule has 1 N–H and O–H groups in total. The molecular formula is C16H20O3SSi. The van der Waals surface area contributed by atoms with Gasteiger partial charge >= 0.3 is 0 Å². The minimum atomic E-state index is -4.19. The van der Waals surface area contributed by atoms with E-state index in [4.69, 9.17) is 0 Å². The molecule has 0 heterocycles. The minimum absolute atomic E-state index is 0.0882. The molecule has 0 radical (unpaired) electrons. The molecule has 0 aromatic heterocycles. The van der Waals surface area contributed by atoms with E-state index in [0.717, 1.165) is 27.9 Å². The summed E-state index contributed by atoms with van der Waals surface area (Å²) in [6.07, 6.45) is 0.861. The Balaban J connectivity index is 2.67. The van der Waals surface area contributed by atoms with Crippen molar-refractivity contribution >= 4 is 30.0 Å². The van der Waals surface area contributed by atoms with Crippen LogP contribution in [0.5, 0.6) is 0 Å². The van der Waals surface area contributed by atoms with E-state index in [2.05, 4.69) is 6.92 Å². The highest BCUT2D eigenvalue weighted by molar-refractivity contribution is 7.86. The molecule has 2 aromatic rings. The Kier molecular flexibility index (Phi) is 4.66. The largest absolute Gasteiger partial charge is 0.294 e. The average molecular weight is 320 g/mol. The highest BCUT2D eigenvalue weighted by Gasteiger charge is 2.20. The summed E-state index contributed by atoms with van der Waals surface area (Å²) in [7, 11) is -5.15. The van der Waals surface area contributed by atoms with Gasteiger partial charge < -0.3 is 0 Å². The molecule has 0 aliphatic carbocycles. The van der Waals surface area contributed by atoms with Gasteiger partial charge in [-0.2, -0.15) is 8.42 Å². The van der Waals surface area contributed by atoms with E-state index < -0.39 is 19.6 Å². The molecule has 0 saturated heterocycles. The Hall–Kier alpha value is -1.43. The smallest absolute Gasteiger partial charge is 0.282 e. The van der Waals surface area contributed by atoms with Crippen LogP contribution >= 0.6 is 0 Å². The van der Waals surface area contributed by atoms with Crippen molar-refractivity contribution in [3.05, 3.63) is 53.1 Å². The lowest BCUT2D eigenvalue weighted by atomic mass is 10.0. The SMILES string of the molecule is CCc1c(C)cc(S(=O)(=O)O)c([SiH2]c2ccccc2)c1C. The maximum Gasteiger partial charge on any atom is 0.294 e. The van der Waals surface area contributed by atoms with Crippen molar-refractivity contribution in [3.63, 3.8) is 0 Å². The summed E-state index contributed by atoms with van der Waals surface area (Å²) < 4.78 is 33.0. The first kappa shape index (κ1) is 15.9. The monoisotopic (exact) mass is 320 g/mol. The summed E-state index contributed by atoms with van der Waals surface area (Å²) in [6, 6.07) is 11.5. The second kappa shape index (κ2) is 6.13. The summed E-state index contributed by atoms with van der Waals surface area (Å²) >= 11 is 0. The highest BCUT2D eigenvalue weighted by atomic mass is 32.2. The van der Waals surface area contributed by atoms with Crippen LogP contribution in [0, 0.1) is 13.8 Å². The van der Waals surface area contributed by atoms with Crippen LogP contribution in [0.4, 0.5) is 0 Å². The Morgan fingerprint density at radius 3 is 2.29 bits per heavy atom. The van der Waals surface area contributed by atoms with E-state index in [1.54, 1.807) is 6.07 Å². The molecule has 0 aliphatic rings. The van der Waals surface area contributed by atoms with E-state index in [9.17, 15) is 13.0 Å². The van der Waals surface area contributed by atoms with Gasteiger partial charge in [-0.1, -0.05) is 42.4 Å². The number of hydrogen-bond donors (Lipinski definition) is 1. The Morgan fingerprint density at radius 2 is 1.76 bits per heavy atom. The van der Waals surface area contributed by atoms with Crippen molar-refractivity contribution in [3.8, 4) is 0 Å². The zero-order valence-corrected chi connectivity index (χ0v) is 14.8. The number of rotatable bonds is 4. The standard InChI is InChI=1S/C16H20O3SSi/c1-4-14-11(2)10-15(20(17,18)19)16(12(14)3)21-13-8-6-5-7-9-13/h5-10H,4,21H2,1-3H3,(H,17,18,19). The minimum Gasteiger partial charge on any atom is -0.282 e. The first-order chi connectivity index (χ1) is 9.84. The highest BCUT2D eigenvalue weighted by Crippen LogP contribution is 2.18. The van der Waals surface area contributed by atoms with Crippen LogP contribution in [-0.2, 0) is 16.5 Å². The summed E-state index contributed by atoms with van der Waals surface area (Å²) in [4.78, 5) is 0.0882. The predicted molar refractivity (Wildman–Crippen MR) is 89.4 cm³/mol. The molecule has 3 nitrogen and oxygen atoms in total. The lowest BCUT2D eigenvalue weighted by molar-refractivity contribution is 0.483. The molecule has 0 atom stereocenters. The molecule has 2 aromatic carbocycles. The van der Waals surface area contributed by atoms with Gasteiger partial charge in [-0.05, 0) is 48.2 Å². The van der Waals surface area contributed by atoms with Gasteiger partial charge in [0, 0.05) is 0 Å². The maximum absolute atomic E-state index is 11.7.